The molecule has 6 nitrogen and oxygen atoms in total. The lowest BCUT2D eigenvalue weighted by molar-refractivity contribution is 0.0264. The molecule has 25 heavy (non-hydrogen) atoms. The van der Waals surface area contributed by atoms with Gasteiger partial charge in [-0.15, -0.1) is 0 Å². The summed E-state index contributed by atoms with van der Waals surface area (Å²) in [5.74, 6) is 0.888. The number of nitrogens with zero attached hydrogens (tertiary/aromatic N) is 3. The van der Waals surface area contributed by atoms with Crippen molar-refractivity contribution in [3.8, 4) is 0 Å². The normalized spacial score (nSPS) is 16.1. The van der Waals surface area contributed by atoms with Crippen LogP contribution in [0.5, 0.6) is 0 Å². The molecule has 0 saturated heterocycles. The van der Waals surface area contributed by atoms with Gasteiger partial charge < -0.3 is 15.4 Å². The Balaban J connectivity index is 1.40. The van der Waals surface area contributed by atoms with Crippen LogP contribution >= 0.6 is 0 Å². The molecule has 142 valence electrons. The fraction of sp³-hybridized carbons (Fsp3) is 0.789. The van der Waals surface area contributed by atoms with E-state index >= 15 is 0 Å². The first-order valence-electron chi connectivity index (χ1n) is 9.92. The van der Waals surface area contributed by atoms with Crippen LogP contribution in [0.3, 0.4) is 0 Å². The van der Waals surface area contributed by atoms with Crippen LogP contribution in [-0.2, 0) is 11.3 Å². The summed E-state index contributed by atoms with van der Waals surface area (Å²) in [4.78, 5) is 4.27. The minimum Gasteiger partial charge on any atom is -0.378 e. The molecule has 2 N–H and O–H groups in total. The highest BCUT2D eigenvalue weighted by Crippen LogP contribution is 2.20. The van der Waals surface area contributed by atoms with Crippen LogP contribution in [0.25, 0.3) is 0 Å². The average molecular weight is 350 g/mol. The fourth-order valence-corrected chi connectivity index (χ4v) is 3.19. The lowest BCUT2D eigenvalue weighted by atomic mass is 9.98. The summed E-state index contributed by atoms with van der Waals surface area (Å²) in [6.45, 7) is 3.71. The number of nitrogens with one attached hydrogen (secondary N) is 2. The Morgan fingerprint density at radius 2 is 1.92 bits per heavy atom. The number of hydrogen-bond donors (Lipinski definition) is 2. The monoisotopic (exact) mass is 349 g/mol. The molecule has 1 aliphatic carbocycles. The van der Waals surface area contributed by atoms with Crippen molar-refractivity contribution < 1.29 is 4.74 Å². The summed E-state index contributed by atoms with van der Waals surface area (Å²) in [6.07, 6.45) is 15.5. The molecule has 0 aliphatic heterocycles. The van der Waals surface area contributed by atoms with Gasteiger partial charge in [0, 0.05) is 45.7 Å². The van der Waals surface area contributed by atoms with Crippen molar-refractivity contribution in [2.75, 3.05) is 26.7 Å². The van der Waals surface area contributed by atoms with Crippen LogP contribution in [0.4, 0.5) is 0 Å². The minimum atomic E-state index is 0.539. The van der Waals surface area contributed by atoms with E-state index in [1.54, 1.807) is 0 Å². The van der Waals surface area contributed by atoms with E-state index in [0.29, 0.717) is 6.10 Å². The molecule has 2 rings (SSSR count). The topological polar surface area (TPSA) is 63.5 Å². The Morgan fingerprint density at radius 1 is 1.12 bits per heavy atom. The van der Waals surface area contributed by atoms with Crippen LogP contribution in [0.2, 0.25) is 0 Å². The van der Waals surface area contributed by atoms with E-state index in [2.05, 4.69) is 20.7 Å². The summed E-state index contributed by atoms with van der Waals surface area (Å²) in [6, 6.07) is 1.95. The first kappa shape index (κ1) is 19.8. The second-order valence-corrected chi connectivity index (χ2v) is 6.74. The van der Waals surface area contributed by atoms with Crippen molar-refractivity contribution in [3.63, 3.8) is 0 Å². The molecule has 1 saturated carbocycles. The van der Waals surface area contributed by atoms with Gasteiger partial charge in [-0.1, -0.05) is 19.3 Å². The lowest BCUT2D eigenvalue weighted by Gasteiger charge is -2.21. The molecule has 1 aromatic heterocycles. The van der Waals surface area contributed by atoms with Gasteiger partial charge in [-0.3, -0.25) is 9.67 Å². The molecule has 0 atom stereocenters. The van der Waals surface area contributed by atoms with Crippen LogP contribution in [-0.4, -0.2) is 48.6 Å². The van der Waals surface area contributed by atoms with Gasteiger partial charge in [0.25, 0.3) is 0 Å². The Hall–Kier alpha value is -1.56. The maximum Gasteiger partial charge on any atom is 0.190 e. The maximum atomic E-state index is 5.96. The second-order valence-electron chi connectivity index (χ2n) is 6.74. The number of ether oxygens (including phenoxy) is 1. The summed E-state index contributed by atoms with van der Waals surface area (Å²) in [5.41, 5.74) is 0. The van der Waals surface area contributed by atoms with Gasteiger partial charge in [-0.2, -0.15) is 5.10 Å². The summed E-state index contributed by atoms with van der Waals surface area (Å²) >= 11 is 0. The third kappa shape index (κ3) is 8.91. The molecule has 0 bridgehead atoms. The van der Waals surface area contributed by atoms with Crippen LogP contribution in [0.15, 0.2) is 23.5 Å². The molecule has 1 fully saturated rings. The van der Waals surface area contributed by atoms with Crippen LogP contribution in [0, 0.1) is 0 Å². The number of aryl methyl sites for hydroxylation is 1. The largest absolute Gasteiger partial charge is 0.378 e. The Bertz CT molecular complexity index is 454. The van der Waals surface area contributed by atoms with E-state index in [1.807, 2.05) is 30.2 Å². The van der Waals surface area contributed by atoms with Crippen LogP contribution < -0.4 is 10.6 Å². The molecule has 0 amide bonds. The van der Waals surface area contributed by atoms with Crippen molar-refractivity contribution >= 4 is 5.96 Å². The van der Waals surface area contributed by atoms with E-state index in [-0.39, 0.29) is 0 Å². The third-order valence-electron chi connectivity index (χ3n) is 4.66. The quantitative estimate of drug-likeness (QED) is 0.366. The number of rotatable bonds is 11. The SMILES string of the molecule is CN=C(NCCCCCOC1CCCCC1)NCCCn1cccn1. The van der Waals surface area contributed by atoms with E-state index in [0.717, 1.165) is 51.5 Å². The maximum absolute atomic E-state index is 5.96. The molecule has 0 radical (unpaired) electrons. The smallest absolute Gasteiger partial charge is 0.190 e. The first-order valence-corrected chi connectivity index (χ1v) is 9.92. The zero-order valence-electron chi connectivity index (χ0n) is 15.8. The molecule has 1 aliphatic rings. The highest BCUT2D eigenvalue weighted by atomic mass is 16.5. The molecule has 1 aromatic rings. The van der Waals surface area contributed by atoms with Crippen molar-refractivity contribution in [2.45, 2.75) is 70.4 Å². The predicted molar refractivity (Wildman–Crippen MR) is 103 cm³/mol. The van der Waals surface area contributed by atoms with E-state index < -0.39 is 0 Å². The summed E-state index contributed by atoms with van der Waals surface area (Å²) in [5, 5.41) is 10.9. The van der Waals surface area contributed by atoms with E-state index in [4.69, 9.17) is 4.74 Å². The molecule has 6 heteroatoms. The number of aliphatic imine (C=N–C) groups is 1. The van der Waals surface area contributed by atoms with Crippen molar-refractivity contribution in [1.82, 2.24) is 20.4 Å². The molecular formula is C19H35N5O. The Kier molecular flexibility index (Phi) is 10.1. The molecule has 1 heterocycles. The second kappa shape index (κ2) is 12.8. The summed E-state index contributed by atoms with van der Waals surface area (Å²) < 4.78 is 7.92. The van der Waals surface area contributed by atoms with Crippen LogP contribution in [0.1, 0.15) is 57.8 Å². The number of guanidine groups is 1. The van der Waals surface area contributed by atoms with Gasteiger partial charge in [0.15, 0.2) is 5.96 Å². The Labute approximate surface area is 152 Å². The highest BCUT2D eigenvalue weighted by Gasteiger charge is 2.12. The van der Waals surface area contributed by atoms with Gasteiger partial charge >= 0.3 is 0 Å². The van der Waals surface area contributed by atoms with Gasteiger partial charge in [-0.05, 0) is 44.6 Å². The van der Waals surface area contributed by atoms with E-state index in [1.165, 1.54) is 38.5 Å². The van der Waals surface area contributed by atoms with Crippen molar-refractivity contribution in [1.29, 1.82) is 0 Å². The number of unbranched alkanes of at least 4 members (excludes halogenated alkanes) is 2. The van der Waals surface area contributed by atoms with Crippen molar-refractivity contribution in [3.05, 3.63) is 18.5 Å². The zero-order valence-corrected chi connectivity index (χ0v) is 15.8. The first-order chi connectivity index (χ1) is 12.4. The zero-order chi connectivity index (χ0) is 17.6. The molecule has 0 spiro atoms. The standard InChI is InChI=1S/C19H35N5O/c1-20-19(22-13-8-15-24-16-9-14-23-24)21-12-6-3-7-17-25-18-10-4-2-5-11-18/h9,14,16,18H,2-8,10-13,15,17H2,1H3,(H2,20,21,22). The minimum absolute atomic E-state index is 0.539. The average Bonchev–Trinajstić information content (AvgIpc) is 3.17. The van der Waals surface area contributed by atoms with E-state index in [9.17, 15) is 0 Å². The van der Waals surface area contributed by atoms with Gasteiger partial charge in [0.05, 0.1) is 6.10 Å². The number of hydrogen-bond acceptors (Lipinski definition) is 3. The van der Waals surface area contributed by atoms with Crippen molar-refractivity contribution in [2.24, 2.45) is 4.99 Å². The fourth-order valence-electron chi connectivity index (χ4n) is 3.19. The molecular weight excluding hydrogens is 314 g/mol. The summed E-state index contributed by atoms with van der Waals surface area (Å²) in [7, 11) is 1.82. The lowest BCUT2D eigenvalue weighted by Crippen LogP contribution is -2.38. The Morgan fingerprint density at radius 3 is 2.64 bits per heavy atom. The van der Waals surface area contributed by atoms with Gasteiger partial charge in [0.1, 0.15) is 0 Å². The third-order valence-corrected chi connectivity index (χ3v) is 4.66. The van der Waals surface area contributed by atoms with Gasteiger partial charge in [-0.25, -0.2) is 0 Å². The highest BCUT2D eigenvalue weighted by molar-refractivity contribution is 5.79. The molecule has 0 unspecified atom stereocenters. The predicted octanol–water partition coefficient (Wildman–Crippen LogP) is 2.96. The molecule has 0 aromatic carbocycles. The number of aromatic nitrogens is 2. The van der Waals surface area contributed by atoms with Gasteiger partial charge in [0.2, 0.25) is 0 Å².